The quantitative estimate of drug-likeness (QED) is 0.572. The minimum Gasteiger partial charge on any atom is -0.465 e. The molecule has 0 bridgehead atoms. The average molecular weight is 158 g/mol. The Morgan fingerprint density at radius 2 is 2.36 bits per heavy atom. The normalized spacial score (nSPS) is 28.9. The van der Waals surface area contributed by atoms with E-state index in [9.17, 15) is 9.90 Å². The lowest BCUT2D eigenvalue weighted by Gasteiger charge is -2.14. The van der Waals surface area contributed by atoms with Gasteiger partial charge in [0.1, 0.15) is 0 Å². The van der Waals surface area contributed by atoms with Crippen LogP contribution in [0.4, 0.5) is 0 Å². The molecule has 0 aromatic rings. The van der Waals surface area contributed by atoms with Gasteiger partial charge in [-0.3, -0.25) is 4.79 Å². The lowest BCUT2D eigenvalue weighted by Crippen LogP contribution is -2.26. The topological polar surface area (TPSA) is 46.5 Å². The van der Waals surface area contributed by atoms with Gasteiger partial charge < -0.3 is 9.84 Å². The highest BCUT2D eigenvalue weighted by Gasteiger charge is 2.26. The summed E-state index contributed by atoms with van der Waals surface area (Å²) in [5.74, 6) is -0.532. The van der Waals surface area contributed by atoms with Crippen LogP contribution in [0.15, 0.2) is 0 Å². The summed E-state index contributed by atoms with van der Waals surface area (Å²) in [6.45, 7) is 2.15. The summed E-state index contributed by atoms with van der Waals surface area (Å²) in [4.78, 5) is 11.1. The first-order valence-electron chi connectivity index (χ1n) is 4.06. The van der Waals surface area contributed by atoms with E-state index < -0.39 is 6.10 Å². The number of carbonyl (C=O) groups is 1. The Morgan fingerprint density at radius 1 is 1.64 bits per heavy atom. The molecule has 1 saturated heterocycles. The van der Waals surface area contributed by atoms with Crippen molar-refractivity contribution in [1.29, 1.82) is 0 Å². The van der Waals surface area contributed by atoms with Crippen LogP contribution in [0.3, 0.4) is 0 Å². The predicted molar refractivity (Wildman–Crippen MR) is 40.0 cm³/mol. The van der Waals surface area contributed by atoms with Crippen molar-refractivity contribution in [3.05, 3.63) is 0 Å². The molecular weight excluding hydrogens is 144 g/mol. The first kappa shape index (κ1) is 8.53. The number of aliphatic hydroxyl groups is 1. The van der Waals surface area contributed by atoms with E-state index in [1.54, 1.807) is 6.92 Å². The predicted octanol–water partition coefficient (Wildman–Crippen LogP) is 0.710. The zero-order valence-electron chi connectivity index (χ0n) is 6.75. The summed E-state index contributed by atoms with van der Waals surface area (Å²) in [6, 6.07) is 0. The first-order chi connectivity index (χ1) is 5.22. The molecule has 0 saturated carbocycles. The summed E-state index contributed by atoms with van der Waals surface area (Å²) in [6.07, 6.45) is 2.09. The van der Waals surface area contributed by atoms with Crippen LogP contribution >= 0.6 is 0 Å². The van der Waals surface area contributed by atoms with Crippen molar-refractivity contribution in [2.24, 2.45) is 5.92 Å². The number of aliphatic hydroxyl groups excluding tert-OH is 1. The van der Waals surface area contributed by atoms with Gasteiger partial charge in [0.05, 0.1) is 18.6 Å². The van der Waals surface area contributed by atoms with Gasteiger partial charge in [-0.05, 0) is 26.2 Å². The first-order valence-corrected chi connectivity index (χ1v) is 4.06. The van der Waals surface area contributed by atoms with Crippen LogP contribution in [0, 0.1) is 5.92 Å². The maximum absolute atomic E-state index is 11.1. The molecule has 0 aromatic carbocycles. The van der Waals surface area contributed by atoms with Crippen LogP contribution in [0.1, 0.15) is 26.2 Å². The van der Waals surface area contributed by atoms with E-state index in [0.717, 1.165) is 19.3 Å². The molecule has 3 nitrogen and oxygen atoms in total. The van der Waals surface area contributed by atoms with E-state index in [4.69, 9.17) is 4.74 Å². The Kier molecular flexibility index (Phi) is 2.88. The fraction of sp³-hybridized carbons (Fsp3) is 0.875. The zero-order valence-corrected chi connectivity index (χ0v) is 6.75. The highest BCUT2D eigenvalue weighted by molar-refractivity contribution is 5.73. The van der Waals surface area contributed by atoms with Gasteiger partial charge in [0.2, 0.25) is 0 Å². The van der Waals surface area contributed by atoms with Gasteiger partial charge in [-0.15, -0.1) is 0 Å². The molecule has 0 aliphatic carbocycles. The number of rotatable bonds is 1. The smallest absolute Gasteiger partial charge is 0.311 e. The van der Waals surface area contributed by atoms with Crippen LogP contribution in [0.2, 0.25) is 0 Å². The lowest BCUT2D eigenvalue weighted by atomic mass is 9.98. The van der Waals surface area contributed by atoms with Gasteiger partial charge in [0, 0.05) is 0 Å². The van der Waals surface area contributed by atoms with Gasteiger partial charge in [0.15, 0.2) is 0 Å². The van der Waals surface area contributed by atoms with Crippen molar-refractivity contribution in [1.82, 2.24) is 0 Å². The number of carbonyl (C=O) groups excluding carboxylic acids is 1. The fourth-order valence-corrected chi connectivity index (χ4v) is 1.30. The van der Waals surface area contributed by atoms with Gasteiger partial charge >= 0.3 is 5.97 Å². The van der Waals surface area contributed by atoms with Crippen LogP contribution in [0.5, 0.6) is 0 Å². The molecule has 1 N–H and O–H groups in total. The van der Waals surface area contributed by atoms with Gasteiger partial charge in [-0.25, -0.2) is 0 Å². The molecule has 0 radical (unpaired) electrons. The Balaban J connectivity index is 2.52. The fourth-order valence-electron chi connectivity index (χ4n) is 1.30. The highest BCUT2D eigenvalue weighted by atomic mass is 16.5. The van der Waals surface area contributed by atoms with E-state index in [2.05, 4.69) is 0 Å². The SMILES string of the molecule is CC(O)C1CCCCOC1=O. The molecule has 1 heterocycles. The molecular formula is C8H14O3. The number of hydrogen-bond donors (Lipinski definition) is 1. The van der Waals surface area contributed by atoms with Crippen molar-refractivity contribution in [2.75, 3.05) is 6.61 Å². The molecule has 64 valence electrons. The van der Waals surface area contributed by atoms with Crippen molar-refractivity contribution >= 4 is 5.97 Å². The van der Waals surface area contributed by atoms with Crippen LogP contribution in [0.25, 0.3) is 0 Å². The maximum Gasteiger partial charge on any atom is 0.311 e. The van der Waals surface area contributed by atoms with Crippen molar-refractivity contribution in [3.63, 3.8) is 0 Å². The second-order valence-corrected chi connectivity index (χ2v) is 3.01. The Morgan fingerprint density at radius 3 is 3.00 bits per heavy atom. The van der Waals surface area contributed by atoms with Crippen molar-refractivity contribution in [2.45, 2.75) is 32.3 Å². The van der Waals surface area contributed by atoms with Crippen LogP contribution in [-0.2, 0) is 9.53 Å². The molecule has 1 aliphatic rings. The third-order valence-electron chi connectivity index (χ3n) is 2.04. The Labute approximate surface area is 66.4 Å². The van der Waals surface area contributed by atoms with E-state index in [0.29, 0.717) is 6.61 Å². The number of cyclic esters (lactones) is 1. The van der Waals surface area contributed by atoms with E-state index in [1.165, 1.54) is 0 Å². The molecule has 0 spiro atoms. The third kappa shape index (κ3) is 2.19. The van der Waals surface area contributed by atoms with E-state index in [-0.39, 0.29) is 11.9 Å². The number of esters is 1. The van der Waals surface area contributed by atoms with Crippen molar-refractivity contribution in [3.8, 4) is 0 Å². The largest absolute Gasteiger partial charge is 0.465 e. The molecule has 1 rings (SSSR count). The number of ether oxygens (including phenoxy) is 1. The van der Waals surface area contributed by atoms with E-state index >= 15 is 0 Å². The molecule has 11 heavy (non-hydrogen) atoms. The van der Waals surface area contributed by atoms with Crippen LogP contribution in [-0.4, -0.2) is 23.8 Å². The maximum atomic E-state index is 11.1. The van der Waals surface area contributed by atoms with Gasteiger partial charge in [0.25, 0.3) is 0 Å². The summed E-state index contributed by atoms with van der Waals surface area (Å²) in [5, 5.41) is 9.17. The number of hydrogen-bond acceptors (Lipinski definition) is 3. The molecule has 0 aromatic heterocycles. The summed E-state index contributed by atoms with van der Waals surface area (Å²) < 4.78 is 4.88. The third-order valence-corrected chi connectivity index (χ3v) is 2.04. The van der Waals surface area contributed by atoms with Crippen molar-refractivity contribution < 1.29 is 14.6 Å². The second-order valence-electron chi connectivity index (χ2n) is 3.01. The zero-order chi connectivity index (χ0) is 8.27. The second kappa shape index (κ2) is 3.72. The lowest BCUT2D eigenvalue weighted by molar-refractivity contribution is -0.150. The molecule has 0 amide bonds. The minimum absolute atomic E-state index is 0.238. The molecule has 1 fully saturated rings. The molecule has 3 heteroatoms. The molecule has 2 unspecified atom stereocenters. The summed E-state index contributed by atoms with van der Waals surface area (Å²) in [7, 11) is 0. The summed E-state index contributed by atoms with van der Waals surface area (Å²) in [5.41, 5.74) is 0. The standard InChI is InChI=1S/C8H14O3/c1-6(9)7-4-2-3-5-11-8(7)10/h6-7,9H,2-5H2,1H3. The molecule has 2 atom stereocenters. The van der Waals surface area contributed by atoms with Gasteiger partial charge in [-0.1, -0.05) is 0 Å². The molecule has 1 aliphatic heterocycles. The Bertz CT molecular complexity index is 142. The average Bonchev–Trinajstić information content (AvgIpc) is 2.13. The highest BCUT2D eigenvalue weighted by Crippen LogP contribution is 2.18. The van der Waals surface area contributed by atoms with Crippen LogP contribution < -0.4 is 0 Å². The summed E-state index contributed by atoms with van der Waals surface area (Å²) >= 11 is 0. The monoisotopic (exact) mass is 158 g/mol. The minimum atomic E-state index is -0.569. The van der Waals surface area contributed by atoms with E-state index in [1.807, 2.05) is 0 Å². The Hall–Kier alpha value is -0.570. The van der Waals surface area contributed by atoms with Gasteiger partial charge in [-0.2, -0.15) is 0 Å².